The molecule has 3 rings (SSSR count). The summed E-state index contributed by atoms with van der Waals surface area (Å²) in [6.07, 6.45) is 1.48. The van der Waals surface area contributed by atoms with Crippen molar-refractivity contribution in [3.05, 3.63) is 53.1 Å². The van der Waals surface area contributed by atoms with Crippen molar-refractivity contribution in [3.8, 4) is 5.69 Å². The van der Waals surface area contributed by atoms with Gasteiger partial charge >= 0.3 is 5.97 Å². The summed E-state index contributed by atoms with van der Waals surface area (Å²) >= 11 is 0. The van der Waals surface area contributed by atoms with Crippen molar-refractivity contribution in [3.63, 3.8) is 0 Å². The first kappa shape index (κ1) is 19.1. The number of aromatic nitrogens is 1. The molecule has 0 spiro atoms. The van der Waals surface area contributed by atoms with E-state index >= 15 is 0 Å². The van der Waals surface area contributed by atoms with Gasteiger partial charge in [0.15, 0.2) is 0 Å². The highest BCUT2D eigenvalue weighted by atomic mass is 19.1. The average Bonchev–Trinajstić information content (AvgIpc) is 2.95. The lowest BCUT2D eigenvalue weighted by Crippen LogP contribution is -2.48. The molecule has 7 heteroatoms. The number of amides is 1. The molecule has 1 saturated heterocycles. The number of ether oxygens (including phenoxy) is 1. The molecular weight excluding hydrogens is 351 g/mol. The molecule has 1 aromatic heterocycles. The van der Waals surface area contributed by atoms with Crippen molar-refractivity contribution >= 4 is 11.9 Å². The molecule has 2 unspecified atom stereocenters. The van der Waals surface area contributed by atoms with Crippen LogP contribution in [0.3, 0.4) is 0 Å². The molecule has 0 saturated carbocycles. The molecule has 144 valence electrons. The van der Waals surface area contributed by atoms with E-state index in [0.717, 1.165) is 17.8 Å². The maximum atomic E-state index is 13.2. The molecule has 1 aliphatic heterocycles. The van der Waals surface area contributed by atoms with Gasteiger partial charge in [0.1, 0.15) is 11.9 Å². The van der Waals surface area contributed by atoms with E-state index in [9.17, 15) is 19.1 Å². The van der Waals surface area contributed by atoms with Gasteiger partial charge < -0.3 is 19.7 Å². The van der Waals surface area contributed by atoms with Crippen LogP contribution in [0.2, 0.25) is 0 Å². The number of nitrogens with zero attached hydrogens (tertiary/aromatic N) is 1. The molecule has 2 N–H and O–H groups in total. The second kappa shape index (κ2) is 7.92. The largest absolute Gasteiger partial charge is 0.480 e. The zero-order valence-electron chi connectivity index (χ0n) is 15.4. The fourth-order valence-electron chi connectivity index (χ4n) is 3.61. The molecule has 2 atom stereocenters. The fraction of sp³-hybridized carbons (Fsp3) is 0.400. The van der Waals surface area contributed by atoms with Crippen molar-refractivity contribution in [2.75, 3.05) is 13.2 Å². The van der Waals surface area contributed by atoms with E-state index in [1.807, 2.05) is 11.5 Å². The topological polar surface area (TPSA) is 80.6 Å². The first-order valence-corrected chi connectivity index (χ1v) is 8.94. The van der Waals surface area contributed by atoms with Gasteiger partial charge in [-0.1, -0.05) is 0 Å². The number of carboxylic acid groups (broad SMARTS) is 1. The highest BCUT2D eigenvalue weighted by Crippen LogP contribution is 2.23. The Morgan fingerprint density at radius 3 is 2.59 bits per heavy atom. The van der Waals surface area contributed by atoms with Crippen LogP contribution in [0.15, 0.2) is 30.3 Å². The van der Waals surface area contributed by atoms with E-state index in [0.29, 0.717) is 30.9 Å². The van der Waals surface area contributed by atoms with Gasteiger partial charge in [-0.05, 0) is 57.0 Å². The highest BCUT2D eigenvalue weighted by molar-refractivity contribution is 5.98. The van der Waals surface area contributed by atoms with E-state index in [4.69, 9.17) is 4.74 Å². The summed E-state index contributed by atoms with van der Waals surface area (Å²) in [5, 5.41) is 12.2. The van der Waals surface area contributed by atoms with Crippen LogP contribution in [0, 0.1) is 25.6 Å². The summed E-state index contributed by atoms with van der Waals surface area (Å²) in [6.45, 7) is 4.57. The predicted octanol–water partition coefficient (Wildman–Crippen LogP) is 2.84. The zero-order chi connectivity index (χ0) is 19.6. The minimum atomic E-state index is -1.06. The Balaban J connectivity index is 1.85. The SMILES string of the molecule is Cc1cc(C(=O)NC(C(=O)O)C2CCCOC2)c(C)n1-c1ccc(F)cc1. The molecule has 1 fully saturated rings. The Morgan fingerprint density at radius 2 is 2.00 bits per heavy atom. The minimum Gasteiger partial charge on any atom is -0.480 e. The van der Waals surface area contributed by atoms with E-state index in [-0.39, 0.29) is 11.7 Å². The van der Waals surface area contributed by atoms with Gasteiger partial charge in [-0.25, -0.2) is 9.18 Å². The summed E-state index contributed by atoms with van der Waals surface area (Å²) in [7, 11) is 0. The molecule has 0 radical (unpaired) electrons. The Hall–Kier alpha value is -2.67. The summed E-state index contributed by atoms with van der Waals surface area (Å²) in [4.78, 5) is 24.5. The van der Waals surface area contributed by atoms with Crippen LogP contribution < -0.4 is 5.32 Å². The first-order valence-electron chi connectivity index (χ1n) is 8.94. The molecule has 0 aliphatic carbocycles. The number of aliphatic carboxylic acids is 1. The van der Waals surface area contributed by atoms with Gasteiger partial charge in [0.05, 0.1) is 12.2 Å². The Morgan fingerprint density at radius 1 is 1.30 bits per heavy atom. The maximum Gasteiger partial charge on any atom is 0.326 e. The lowest BCUT2D eigenvalue weighted by molar-refractivity contribution is -0.142. The van der Waals surface area contributed by atoms with Gasteiger partial charge in [-0.3, -0.25) is 4.79 Å². The van der Waals surface area contributed by atoms with Crippen molar-refractivity contribution in [1.29, 1.82) is 0 Å². The fourth-order valence-corrected chi connectivity index (χ4v) is 3.61. The van der Waals surface area contributed by atoms with E-state index in [1.165, 1.54) is 12.1 Å². The number of nitrogens with one attached hydrogen (secondary N) is 1. The van der Waals surface area contributed by atoms with Gasteiger partial charge in [0, 0.05) is 29.6 Å². The number of rotatable bonds is 5. The second-order valence-corrected chi connectivity index (χ2v) is 6.86. The molecule has 27 heavy (non-hydrogen) atoms. The Kier molecular flexibility index (Phi) is 5.60. The van der Waals surface area contributed by atoms with E-state index in [2.05, 4.69) is 5.32 Å². The minimum absolute atomic E-state index is 0.249. The highest BCUT2D eigenvalue weighted by Gasteiger charge is 2.32. The average molecular weight is 374 g/mol. The van der Waals surface area contributed by atoms with E-state index < -0.39 is 17.9 Å². The number of benzene rings is 1. The van der Waals surface area contributed by atoms with E-state index in [1.54, 1.807) is 25.1 Å². The van der Waals surface area contributed by atoms with Crippen molar-refractivity contribution in [2.45, 2.75) is 32.7 Å². The molecule has 1 aliphatic rings. The van der Waals surface area contributed by atoms with Gasteiger partial charge in [-0.15, -0.1) is 0 Å². The van der Waals surface area contributed by atoms with Crippen LogP contribution in [-0.4, -0.2) is 40.8 Å². The Bertz CT molecular complexity index is 838. The predicted molar refractivity (Wildman–Crippen MR) is 97.6 cm³/mol. The molecular formula is C20H23FN2O4. The summed E-state index contributed by atoms with van der Waals surface area (Å²) in [6, 6.07) is 6.71. The lowest BCUT2D eigenvalue weighted by atomic mass is 9.93. The number of carbonyl (C=O) groups excluding carboxylic acids is 1. The molecule has 0 bridgehead atoms. The van der Waals surface area contributed by atoms with Crippen molar-refractivity contribution in [1.82, 2.24) is 9.88 Å². The summed E-state index contributed by atoms with van der Waals surface area (Å²) in [5.74, 6) is -2.08. The van der Waals surface area contributed by atoms with Gasteiger partial charge in [-0.2, -0.15) is 0 Å². The maximum absolute atomic E-state index is 13.2. The number of carboxylic acids is 1. The smallest absolute Gasteiger partial charge is 0.326 e. The monoisotopic (exact) mass is 374 g/mol. The van der Waals surface area contributed by atoms with Crippen LogP contribution in [0.1, 0.15) is 34.6 Å². The number of halogens is 1. The Labute approximate surface area is 156 Å². The first-order chi connectivity index (χ1) is 12.9. The van der Waals surface area contributed by atoms with Crippen LogP contribution in [0.5, 0.6) is 0 Å². The van der Waals surface area contributed by atoms with Crippen LogP contribution in [0.25, 0.3) is 5.69 Å². The molecule has 2 heterocycles. The molecule has 1 aromatic carbocycles. The number of aryl methyl sites for hydroxylation is 1. The standard InChI is InChI=1S/C20H23FN2O4/c1-12-10-17(13(2)23(12)16-7-5-15(21)6-8-16)19(24)22-18(20(25)26)14-4-3-9-27-11-14/h5-8,10,14,18H,3-4,9,11H2,1-2H3,(H,22,24)(H,25,26). The third-order valence-corrected chi connectivity index (χ3v) is 4.98. The van der Waals surface area contributed by atoms with Crippen LogP contribution >= 0.6 is 0 Å². The van der Waals surface area contributed by atoms with Crippen LogP contribution in [0.4, 0.5) is 4.39 Å². The quantitative estimate of drug-likeness (QED) is 0.843. The molecule has 6 nitrogen and oxygen atoms in total. The second-order valence-electron chi connectivity index (χ2n) is 6.86. The third kappa shape index (κ3) is 4.03. The van der Waals surface area contributed by atoms with Crippen molar-refractivity contribution in [2.24, 2.45) is 5.92 Å². The lowest BCUT2D eigenvalue weighted by Gasteiger charge is -2.28. The third-order valence-electron chi connectivity index (χ3n) is 4.98. The van der Waals surface area contributed by atoms with Crippen molar-refractivity contribution < 1.29 is 23.8 Å². The molecule has 2 aromatic rings. The van der Waals surface area contributed by atoms with Crippen LogP contribution in [-0.2, 0) is 9.53 Å². The molecule has 1 amide bonds. The summed E-state index contributed by atoms with van der Waals surface area (Å²) < 4.78 is 20.4. The zero-order valence-corrected chi connectivity index (χ0v) is 15.4. The number of carbonyl (C=O) groups is 2. The normalized spacial score (nSPS) is 18.1. The van der Waals surface area contributed by atoms with Gasteiger partial charge in [0.25, 0.3) is 5.91 Å². The summed E-state index contributed by atoms with van der Waals surface area (Å²) in [5.41, 5.74) is 2.61. The number of hydrogen-bond acceptors (Lipinski definition) is 3. The van der Waals surface area contributed by atoms with Gasteiger partial charge in [0.2, 0.25) is 0 Å². The number of hydrogen-bond donors (Lipinski definition) is 2.